The van der Waals surface area contributed by atoms with Gasteiger partial charge in [0.1, 0.15) is 0 Å². The Balaban J connectivity index is 1.76. The Kier molecular flexibility index (Phi) is 4.19. The number of imidazole rings is 1. The van der Waals surface area contributed by atoms with Crippen LogP contribution in [0.15, 0.2) is 23.5 Å². The number of carbonyl (C=O) groups excluding carboxylic acids is 1. The number of H-pyrrole nitrogens is 1. The molecule has 0 aromatic carbocycles. The average molecular weight is 303 g/mol. The van der Waals surface area contributed by atoms with Crippen molar-refractivity contribution in [1.29, 1.82) is 0 Å². The summed E-state index contributed by atoms with van der Waals surface area (Å²) in [6.07, 6.45) is 6.84. The number of thioether (sulfide) groups is 1. The van der Waals surface area contributed by atoms with E-state index in [1.165, 1.54) is 31.4 Å². The molecule has 0 bridgehead atoms. The second-order valence-electron chi connectivity index (χ2n) is 5.67. The van der Waals surface area contributed by atoms with Crippen molar-refractivity contribution in [2.45, 2.75) is 50.7 Å². The fraction of sp³-hybridized carbons (Fsp3) is 0.500. The highest BCUT2D eigenvalue weighted by Crippen LogP contribution is 2.35. The number of aromatic nitrogens is 3. The van der Waals surface area contributed by atoms with Gasteiger partial charge in [-0.2, -0.15) is 0 Å². The third-order valence-electron chi connectivity index (χ3n) is 4.27. The smallest absolute Gasteiger partial charge is 0.189 e. The first-order valence-corrected chi connectivity index (χ1v) is 8.50. The van der Waals surface area contributed by atoms with Gasteiger partial charge in [-0.15, -0.1) is 0 Å². The first-order chi connectivity index (χ1) is 10.2. The number of rotatable bonds is 5. The molecule has 0 radical (unpaired) electrons. The molecule has 0 saturated heterocycles. The summed E-state index contributed by atoms with van der Waals surface area (Å²) in [6.45, 7) is 4.19. The maximum absolute atomic E-state index is 12.1. The number of Topliss-reactive ketones (excluding diaryl/α,β-unsaturated/α-hetero) is 1. The van der Waals surface area contributed by atoms with Crippen molar-refractivity contribution in [2.24, 2.45) is 0 Å². The van der Waals surface area contributed by atoms with Crippen molar-refractivity contribution in [3.05, 3.63) is 35.4 Å². The van der Waals surface area contributed by atoms with Crippen molar-refractivity contribution < 1.29 is 4.79 Å². The van der Waals surface area contributed by atoms with Crippen molar-refractivity contribution in [2.75, 3.05) is 5.75 Å². The molecule has 112 valence electrons. The summed E-state index contributed by atoms with van der Waals surface area (Å²) in [7, 11) is 0. The quantitative estimate of drug-likeness (QED) is 0.673. The minimum Gasteiger partial charge on any atom is -0.359 e. The molecule has 5 heteroatoms. The summed E-state index contributed by atoms with van der Waals surface area (Å²) >= 11 is 1.56. The molecular formula is C16H21N3OS. The van der Waals surface area contributed by atoms with Crippen molar-refractivity contribution in [1.82, 2.24) is 14.5 Å². The summed E-state index contributed by atoms with van der Waals surface area (Å²) in [4.78, 5) is 19.8. The van der Waals surface area contributed by atoms with Crippen LogP contribution in [0.1, 0.15) is 53.6 Å². The predicted octanol–water partition coefficient (Wildman–Crippen LogP) is 3.92. The van der Waals surface area contributed by atoms with E-state index in [1.807, 2.05) is 12.1 Å². The second kappa shape index (κ2) is 6.10. The van der Waals surface area contributed by atoms with Gasteiger partial charge in [-0.25, -0.2) is 4.98 Å². The fourth-order valence-corrected chi connectivity index (χ4v) is 4.04. The topological polar surface area (TPSA) is 50.7 Å². The van der Waals surface area contributed by atoms with Gasteiger partial charge in [0.05, 0.1) is 17.1 Å². The van der Waals surface area contributed by atoms with Gasteiger partial charge in [0.15, 0.2) is 10.9 Å². The standard InChI is InChI=1S/C16H21N3OS/c1-11-12(2)19(13-6-3-4-7-13)16(18-11)21-10-15(20)14-8-5-9-17-14/h5,8-9,13,17H,3-4,6-7,10H2,1-2H3. The molecule has 1 saturated carbocycles. The van der Waals surface area contributed by atoms with E-state index in [4.69, 9.17) is 0 Å². The first kappa shape index (κ1) is 14.4. The molecule has 0 spiro atoms. The molecular weight excluding hydrogens is 282 g/mol. The van der Waals surface area contributed by atoms with E-state index in [2.05, 4.69) is 28.4 Å². The predicted molar refractivity (Wildman–Crippen MR) is 85.1 cm³/mol. The number of hydrogen-bond donors (Lipinski definition) is 1. The highest BCUT2D eigenvalue weighted by atomic mass is 32.2. The largest absolute Gasteiger partial charge is 0.359 e. The van der Waals surface area contributed by atoms with Crippen molar-refractivity contribution >= 4 is 17.5 Å². The van der Waals surface area contributed by atoms with Gasteiger partial charge in [-0.05, 0) is 38.8 Å². The third-order valence-corrected chi connectivity index (χ3v) is 5.23. The molecule has 0 unspecified atom stereocenters. The lowest BCUT2D eigenvalue weighted by atomic mass is 10.2. The van der Waals surface area contributed by atoms with Crippen molar-refractivity contribution in [3.63, 3.8) is 0 Å². The molecule has 0 atom stereocenters. The molecule has 21 heavy (non-hydrogen) atoms. The van der Waals surface area contributed by atoms with E-state index in [-0.39, 0.29) is 5.78 Å². The van der Waals surface area contributed by atoms with Gasteiger partial charge < -0.3 is 9.55 Å². The highest BCUT2D eigenvalue weighted by Gasteiger charge is 2.23. The van der Waals surface area contributed by atoms with Crippen LogP contribution in [0.2, 0.25) is 0 Å². The monoisotopic (exact) mass is 303 g/mol. The SMILES string of the molecule is Cc1nc(SCC(=O)c2ccc[nH]2)n(C2CCCC2)c1C. The lowest BCUT2D eigenvalue weighted by Gasteiger charge is -2.16. The summed E-state index contributed by atoms with van der Waals surface area (Å²) in [5, 5.41) is 0.997. The summed E-state index contributed by atoms with van der Waals surface area (Å²) in [5.41, 5.74) is 3.00. The van der Waals surface area contributed by atoms with Gasteiger partial charge in [0.25, 0.3) is 0 Å². The lowest BCUT2D eigenvalue weighted by molar-refractivity contribution is 0.101. The number of aryl methyl sites for hydroxylation is 1. The van der Waals surface area contributed by atoms with Crippen LogP contribution < -0.4 is 0 Å². The molecule has 1 N–H and O–H groups in total. The minimum absolute atomic E-state index is 0.126. The maximum Gasteiger partial charge on any atom is 0.189 e. The van der Waals surface area contributed by atoms with Crippen LogP contribution in [-0.2, 0) is 0 Å². The van der Waals surface area contributed by atoms with E-state index in [9.17, 15) is 4.79 Å². The summed E-state index contributed by atoms with van der Waals surface area (Å²) in [6, 6.07) is 4.24. The molecule has 1 fully saturated rings. The Bertz CT molecular complexity index is 624. The van der Waals surface area contributed by atoms with Crippen LogP contribution in [-0.4, -0.2) is 26.1 Å². The summed E-state index contributed by atoms with van der Waals surface area (Å²) < 4.78 is 2.36. The van der Waals surface area contributed by atoms with Gasteiger partial charge in [0, 0.05) is 17.9 Å². The lowest BCUT2D eigenvalue weighted by Crippen LogP contribution is -2.10. The molecule has 3 rings (SSSR count). The Hall–Kier alpha value is -1.49. The number of aromatic amines is 1. The molecule has 2 aromatic heterocycles. The zero-order chi connectivity index (χ0) is 14.8. The number of nitrogens with zero attached hydrogens (tertiary/aromatic N) is 2. The van der Waals surface area contributed by atoms with Crippen LogP contribution in [0.4, 0.5) is 0 Å². The molecule has 4 nitrogen and oxygen atoms in total. The van der Waals surface area contributed by atoms with Crippen molar-refractivity contribution in [3.8, 4) is 0 Å². The highest BCUT2D eigenvalue weighted by molar-refractivity contribution is 7.99. The Morgan fingerprint density at radius 2 is 2.19 bits per heavy atom. The molecule has 2 heterocycles. The van der Waals surface area contributed by atoms with E-state index in [0.717, 1.165) is 10.9 Å². The van der Waals surface area contributed by atoms with Gasteiger partial charge in [-0.3, -0.25) is 4.79 Å². The third kappa shape index (κ3) is 2.93. The molecule has 0 amide bonds. The van der Waals surface area contributed by atoms with E-state index < -0.39 is 0 Å². The Morgan fingerprint density at radius 3 is 2.86 bits per heavy atom. The van der Waals surface area contributed by atoms with Crippen LogP contribution in [0.25, 0.3) is 0 Å². The van der Waals surface area contributed by atoms with E-state index in [0.29, 0.717) is 17.5 Å². The van der Waals surface area contributed by atoms with Gasteiger partial charge in [-0.1, -0.05) is 24.6 Å². The average Bonchev–Trinajstić information content (AvgIpc) is 3.19. The van der Waals surface area contributed by atoms with Crippen LogP contribution in [0.3, 0.4) is 0 Å². The van der Waals surface area contributed by atoms with Crippen LogP contribution in [0, 0.1) is 13.8 Å². The number of nitrogens with one attached hydrogen (secondary N) is 1. The van der Waals surface area contributed by atoms with Gasteiger partial charge >= 0.3 is 0 Å². The zero-order valence-corrected chi connectivity index (χ0v) is 13.4. The number of ketones is 1. The summed E-state index contributed by atoms with van der Waals surface area (Å²) in [5.74, 6) is 0.560. The fourth-order valence-electron chi connectivity index (χ4n) is 3.00. The Morgan fingerprint density at radius 1 is 1.43 bits per heavy atom. The minimum atomic E-state index is 0.126. The number of hydrogen-bond acceptors (Lipinski definition) is 3. The first-order valence-electron chi connectivity index (χ1n) is 7.51. The second-order valence-corrected chi connectivity index (χ2v) is 6.61. The molecule has 1 aliphatic rings. The van der Waals surface area contributed by atoms with Crippen LogP contribution in [0.5, 0.6) is 0 Å². The number of carbonyl (C=O) groups is 1. The zero-order valence-electron chi connectivity index (χ0n) is 12.6. The Labute approximate surface area is 129 Å². The maximum atomic E-state index is 12.1. The molecule has 1 aliphatic carbocycles. The van der Waals surface area contributed by atoms with Gasteiger partial charge in [0.2, 0.25) is 0 Å². The van der Waals surface area contributed by atoms with E-state index >= 15 is 0 Å². The normalized spacial score (nSPS) is 15.7. The van der Waals surface area contributed by atoms with E-state index in [1.54, 1.807) is 18.0 Å². The molecule has 0 aliphatic heterocycles. The molecule has 2 aromatic rings. The van der Waals surface area contributed by atoms with Crippen LogP contribution >= 0.6 is 11.8 Å².